The first-order chi connectivity index (χ1) is 14.1. The lowest BCUT2D eigenvalue weighted by molar-refractivity contribution is -0.185. The maximum atomic E-state index is 13.2. The van der Waals surface area contributed by atoms with Crippen LogP contribution in [0.25, 0.3) is 0 Å². The summed E-state index contributed by atoms with van der Waals surface area (Å²) < 4.78 is 0. The zero-order chi connectivity index (χ0) is 20.3. The van der Waals surface area contributed by atoms with Gasteiger partial charge in [0, 0.05) is 12.2 Å². The molecule has 0 spiro atoms. The Morgan fingerprint density at radius 1 is 0.966 bits per heavy atom. The summed E-state index contributed by atoms with van der Waals surface area (Å²) in [6, 6.07) is 19.9. The predicted molar refractivity (Wildman–Crippen MR) is 116 cm³/mol. The first-order valence-electron chi connectivity index (χ1n) is 10.6. The van der Waals surface area contributed by atoms with Crippen molar-refractivity contribution < 1.29 is 14.7 Å². The molecule has 2 aliphatic carbocycles. The van der Waals surface area contributed by atoms with Crippen LogP contribution in [0.1, 0.15) is 49.7 Å². The number of thioether (sulfide) groups is 1. The van der Waals surface area contributed by atoms with E-state index < -0.39 is 16.9 Å². The molecule has 2 aromatic carbocycles. The van der Waals surface area contributed by atoms with Crippen molar-refractivity contribution in [1.29, 1.82) is 0 Å². The van der Waals surface area contributed by atoms with Gasteiger partial charge in [0.1, 0.15) is 5.78 Å². The van der Waals surface area contributed by atoms with Crippen LogP contribution in [0.4, 0.5) is 0 Å². The number of hydrogen-bond acceptors (Lipinski definition) is 4. The van der Waals surface area contributed by atoms with Crippen LogP contribution in [-0.4, -0.2) is 21.6 Å². The molecule has 2 saturated carbocycles. The highest BCUT2D eigenvalue weighted by atomic mass is 32.2. The lowest BCUT2D eigenvalue weighted by Gasteiger charge is -2.55. The standard InChI is InChI=1S/C25H28O3S/c26-22-14-8-16-25(28)21(23(27)29-18-20-11-5-2-6-12-20)13-7-15-24(22,25)17-19-9-3-1-4-10-19/h1-6,9-12,21,28H,7-8,13-18H2/t21-,24+,25+/m0/s1. The zero-order valence-corrected chi connectivity index (χ0v) is 17.5. The van der Waals surface area contributed by atoms with Crippen LogP contribution in [-0.2, 0) is 21.8 Å². The largest absolute Gasteiger partial charge is 0.388 e. The number of carbonyl (C=O) groups excluding carboxylic acids is 2. The highest BCUT2D eigenvalue weighted by molar-refractivity contribution is 8.13. The molecule has 2 aromatic rings. The second kappa shape index (κ2) is 8.45. The molecule has 2 aliphatic rings. The molecule has 0 aliphatic heterocycles. The fourth-order valence-corrected chi connectivity index (χ4v) is 6.39. The van der Waals surface area contributed by atoms with Gasteiger partial charge in [0.05, 0.1) is 16.9 Å². The molecule has 0 radical (unpaired) electrons. The van der Waals surface area contributed by atoms with Crippen molar-refractivity contribution in [1.82, 2.24) is 0 Å². The minimum absolute atomic E-state index is 0.0307. The van der Waals surface area contributed by atoms with Crippen LogP contribution in [0.5, 0.6) is 0 Å². The summed E-state index contributed by atoms with van der Waals surface area (Å²) in [5.41, 5.74) is 0.0884. The SMILES string of the molecule is O=C(SCc1ccccc1)[C@@H]1CCC[C@@]2(Cc3ccccc3)C(=O)CCC[C@@]12O. The Morgan fingerprint density at radius 2 is 1.62 bits per heavy atom. The second-order valence-electron chi connectivity index (χ2n) is 8.48. The van der Waals surface area contributed by atoms with E-state index in [0.717, 1.165) is 17.5 Å². The molecule has 0 saturated heterocycles. The van der Waals surface area contributed by atoms with E-state index >= 15 is 0 Å². The van der Waals surface area contributed by atoms with E-state index in [1.807, 2.05) is 60.7 Å². The number of hydrogen-bond donors (Lipinski definition) is 1. The third-order valence-corrected chi connectivity index (χ3v) is 7.90. The highest BCUT2D eigenvalue weighted by Gasteiger charge is 2.63. The van der Waals surface area contributed by atoms with Crippen molar-refractivity contribution >= 4 is 22.7 Å². The van der Waals surface area contributed by atoms with Gasteiger partial charge in [-0.3, -0.25) is 9.59 Å². The molecule has 0 unspecified atom stereocenters. The van der Waals surface area contributed by atoms with Crippen molar-refractivity contribution in [3.05, 3.63) is 71.8 Å². The maximum Gasteiger partial charge on any atom is 0.195 e. The van der Waals surface area contributed by atoms with Gasteiger partial charge in [0.25, 0.3) is 0 Å². The summed E-state index contributed by atoms with van der Waals surface area (Å²) >= 11 is 1.29. The van der Waals surface area contributed by atoms with Crippen LogP contribution in [0.3, 0.4) is 0 Å². The number of ketones is 1. The third-order valence-electron chi connectivity index (χ3n) is 6.85. The summed E-state index contributed by atoms with van der Waals surface area (Å²) in [4.78, 5) is 26.5. The van der Waals surface area contributed by atoms with Crippen molar-refractivity contribution in [2.75, 3.05) is 0 Å². The lowest BCUT2D eigenvalue weighted by Crippen LogP contribution is -2.64. The van der Waals surface area contributed by atoms with Crippen LogP contribution in [0, 0.1) is 11.3 Å². The summed E-state index contributed by atoms with van der Waals surface area (Å²) in [7, 11) is 0. The Hall–Kier alpha value is -1.91. The van der Waals surface area contributed by atoms with Crippen molar-refractivity contribution in [3.8, 4) is 0 Å². The number of fused-ring (bicyclic) bond motifs is 1. The number of rotatable bonds is 5. The molecule has 152 valence electrons. The van der Waals surface area contributed by atoms with Gasteiger partial charge in [0.15, 0.2) is 5.12 Å². The van der Waals surface area contributed by atoms with Gasteiger partial charge in [-0.1, -0.05) is 78.8 Å². The van der Waals surface area contributed by atoms with Gasteiger partial charge in [-0.2, -0.15) is 0 Å². The van der Waals surface area contributed by atoms with Crippen molar-refractivity contribution in [3.63, 3.8) is 0 Å². The van der Waals surface area contributed by atoms with Gasteiger partial charge in [-0.15, -0.1) is 0 Å². The van der Waals surface area contributed by atoms with Crippen LogP contribution in [0.15, 0.2) is 60.7 Å². The summed E-state index contributed by atoms with van der Waals surface area (Å²) in [5, 5.41) is 12.0. The normalized spacial score (nSPS) is 29.3. The fourth-order valence-electron chi connectivity index (χ4n) is 5.38. The summed E-state index contributed by atoms with van der Waals surface area (Å²) in [6.07, 6.45) is 4.38. The molecule has 3 nitrogen and oxygen atoms in total. The average Bonchev–Trinajstić information content (AvgIpc) is 2.74. The van der Waals surface area contributed by atoms with E-state index in [0.29, 0.717) is 44.3 Å². The van der Waals surface area contributed by atoms with Gasteiger partial charge in [0.2, 0.25) is 0 Å². The topological polar surface area (TPSA) is 54.4 Å². The number of Topliss-reactive ketones (excluding diaryl/α,β-unsaturated/α-hetero) is 1. The van der Waals surface area contributed by atoms with Gasteiger partial charge >= 0.3 is 0 Å². The molecule has 4 rings (SSSR count). The van der Waals surface area contributed by atoms with Gasteiger partial charge in [-0.25, -0.2) is 0 Å². The molecule has 2 fully saturated rings. The Balaban J connectivity index is 1.60. The smallest absolute Gasteiger partial charge is 0.195 e. The van der Waals surface area contributed by atoms with Crippen molar-refractivity contribution in [2.45, 2.75) is 56.3 Å². The highest BCUT2D eigenvalue weighted by Crippen LogP contribution is 2.56. The Kier molecular flexibility index (Phi) is 5.93. The zero-order valence-electron chi connectivity index (χ0n) is 16.7. The Bertz CT molecular complexity index is 866. The third kappa shape index (κ3) is 3.80. The molecular weight excluding hydrogens is 380 g/mol. The van der Waals surface area contributed by atoms with Gasteiger partial charge in [-0.05, 0) is 43.2 Å². The Morgan fingerprint density at radius 3 is 2.31 bits per heavy atom. The molecule has 0 aromatic heterocycles. The number of carbonyl (C=O) groups is 2. The molecule has 0 heterocycles. The lowest BCUT2D eigenvalue weighted by atomic mass is 9.50. The van der Waals surface area contributed by atoms with Crippen LogP contribution < -0.4 is 0 Å². The molecule has 0 bridgehead atoms. The number of aliphatic hydroxyl groups is 1. The number of benzene rings is 2. The quantitative estimate of drug-likeness (QED) is 0.760. The van der Waals surface area contributed by atoms with E-state index in [4.69, 9.17) is 0 Å². The fraction of sp³-hybridized carbons (Fsp3) is 0.440. The van der Waals surface area contributed by atoms with E-state index in [-0.39, 0.29) is 10.9 Å². The summed E-state index contributed by atoms with van der Waals surface area (Å²) in [5.74, 6) is 0.268. The Labute approximate surface area is 176 Å². The van der Waals surface area contributed by atoms with Crippen molar-refractivity contribution in [2.24, 2.45) is 11.3 Å². The summed E-state index contributed by atoms with van der Waals surface area (Å²) in [6.45, 7) is 0. The molecule has 29 heavy (non-hydrogen) atoms. The molecule has 0 amide bonds. The second-order valence-corrected chi connectivity index (χ2v) is 9.46. The maximum absolute atomic E-state index is 13.2. The minimum atomic E-state index is -1.24. The average molecular weight is 409 g/mol. The molecular formula is C25H28O3S. The minimum Gasteiger partial charge on any atom is -0.388 e. The van der Waals surface area contributed by atoms with Crippen LogP contribution in [0.2, 0.25) is 0 Å². The first-order valence-corrected chi connectivity index (χ1v) is 11.5. The first kappa shape index (κ1) is 20.4. The molecule has 3 atom stereocenters. The van der Waals surface area contributed by atoms with Crippen LogP contribution >= 0.6 is 11.8 Å². The van der Waals surface area contributed by atoms with E-state index in [9.17, 15) is 14.7 Å². The molecule has 1 N–H and O–H groups in total. The van der Waals surface area contributed by atoms with E-state index in [1.54, 1.807) is 0 Å². The van der Waals surface area contributed by atoms with E-state index in [1.165, 1.54) is 11.8 Å². The monoisotopic (exact) mass is 408 g/mol. The predicted octanol–water partition coefficient (Wildman–Crippen LogP) is 4.96. The van der Waals surface area contributed by atoms with E-state index in [2.05, 4.69) is 0 Å². The van der Waals surface area contributed by atoms with Gasteiger partial charge < -0.3 is 5.11 Å². The molecule has 4 heteroatoms.